The van der Waals surface area contributed by atoms with Gasteiger partial charge in [0.15, 0.2) is 0 Å². The van der Waals surface area contributed by atoms with Gasteiger partial charge in [0.05, 0.1) is 0 Å². The molecule has 0 fully saturated rings. The van der Waals surface area contributed by atoms with Gasteiger partial charge in [0.25, 0.3) is 0 Å². The highest BCUT2D eigenvalue weighted by atomic mass is 15.2. The Bertz CT molecular complexity index is 997. The fraction of sp³-hybridized carbons (Fsp3) is 0.368. The Morgan fingerprint density at radius 1 is 0.400 bits per heavy atom. The number of nitrogens with zero attached hydrogens (tertiary/aromatic N) is 2. The third-order valence-corrected chi connectivity index (χ3v) is 8.00. The van der Waals surface area contributed by atoms with E-state index >= 15 is 0 Å². The summed E-state index contributed by atoms with van der Waals surface area (Å²) in [5.41, 5.74) is 5.58. The van der Waals surface area contributed by atoms with Gasteiger partial charge >= 0.3 is 0 Å². The zero-order chi connectivity index (χ0) is 27.8. The van der Waals surface area contributed by atoms with Crippen LogP contribution in [0.15, 0.2) is 121 Å². The highest BCUT2D eigenvalue weighted by molar-refractivity contribution is 5.20. The van der Waals surface area contributed by atoms with Crippen molar-refractivity contribution < 1.29 is 0 Å². The van der Waals surface area contributed by atoms with Crippen molar-refractivity contribution in [2.45, 2.75) is 90.6 Å². The van der Waals surface area contributed by atoms with Gasteiger partial charge in [-0.2, -0.15) is 0 Å². The molecule has 2 nitrogen and oxygen atoms in total. The second-order valence-electron chi connectivity index (χ2n) is 11.2. The van der Waals surface area contributed by atoms with Crippen molar-refractivity contribution in [1.82, 2.24) is 9.80 Å². The summed E-state index contributed by atoms with van der Waals surface area (Å²) < 4.78 is 0. The van der Waals surface area contributed by atoms with E-state index in [1.807, 2.05) is 0 Å². The average molecular weight is 533 g/mol. The standard InChI is InChI=1S/C38H48N2/c1-3-5-27-37(39(29-33-19-11-7-12-20-33)30-34-21-13-8-14-22-34)38(28-6-4-2)40(31-35-23-15-9-16-24-35)32-36-25-17-10-18-26-36/h7-26,37-38H,3-6,27-32H2,1-2H3. The Balaban J connectivity index is 1.74. The van der Waals surface area contributed by atoms with E-state index in [1.165, 1.54) is 60.8 Å². The number of benzene rings is 4. The minimum Gasteiger partial charge on any atom is -0.290 e. The first-order valence-electron chi connectivity index (χ1n) is 15.4. The molecular formula is C38H48N2. The van der Waals surface area contributed by atoms with Gasteiger partial charge in [-0.05, 0) is 35.1 Å². The first-order chi connectivity index (χ1) is 19.8. The minimum absolute atomic E-state index is 0.458. The summed E-state index contributed by atoms with van der Waals surface area (Å²) in [5.74, 6) is 0. The largest absolute Gasteiger partial charge is 0.290 e. The van der Waals surface area contributed by atoms with E-state index < -0.39 is 0 Å². The Morgan fingerprint density at radius 2 is 0.650 bits per heavy atom. The van der Waals surface area contributed by atoms with Gasteiger partial charge in [-0.25, -0.2) is 0 Å². The molecule has 0 aliphatic heterocycles. The Hall–Kier alpha value is -3.20. The molecule has 0 aliphatic carbocycles. The summed E-state index contributed by atoms with van der Waals surface area (Å²) in [7, 11) is 0. The highest BCUT2D eigenvalue weighted by Crippen LogP contribution is 2.28. The lowest BCUT2D eigenvalue weighted by Crippen LogP contribution is -2.51. The van der Waals surface area contributed by atoms with Crippen LogP contribution in [0.5, 0.6) is 0 Å². The van der Waals surface area contributed by atoms with Crippen LogP contribution < -0.4 is 0 Å². The molecule has 0 aliphatic rings. The van der Waals surface area contributed by atoms with Gasteiger partial charge < -0.3 is 0 Å². The zero-order valence-corrected chi connectivity index (χ0v) is 24.7. The molecule has 4 rings (SSSR count). The molecule has 0 spiro atoms. The van der Waals surface area contributed by atoms with Gasteiger partial charge in [-0.1, -0.05) is 161 Å². The molecule has 2 unspecified atom stereocenters. The molecule has 4 aromatic rings. The fourth-order valence-corrected chi connectivity index (χ4v) is 5.92. The maximum absolute atomic E-state index is 2.80. The van der Waals surface area contributed by atoms with E-state index in [4.69, 9.17) is 0 Å². The zero-order valence-electron chi connectivity index (χ0n) is 24.7. The third-order valence-electron chi connectivity index (χ3n) is 8.00. The van der Waals surface area contributed by atoms with Gasteiger partial charge in [0.2, 0.25) is 0 Å². The van der Waals surface area contributed by atoms with Crippen molar-refractivity contribution in [2.75, 3.05) is 0 Å². The molecular weight excluding hydrogens is 484 g/mol. The lowest BCUT2D eigenvalue weighted by Gasteiger charge is -2.43. The van der Waals surface area contributed by atoms with Crippen molar-refractivity contribution in [3.63, 3.8) is 0 Å². The van der Waals surface area contributed by atoms with Crippen LogP contribution in [0.1, 0.15) is 74.6 Å². The molecule has 2 heteroatoms. The molecule has 0 N–H and O–H groups in total. The third kappa shape index (κ3) is 9.47. The Kier molecular flexibility index (Phi) is 12.5. The summed E-state index contributed by atoms with van der Waals surface area (Å²) in [6.45, 7) is 8.55. The maximum Gasteiger partial charge on any atom is 0.0258 e. The smallest absolute Gasteiger partial charge is 0.0258 e. The van der Waals surface area contributed by atoms with E-state index in [0.29, 0.717) is 12.1 Å². The summed E-state index contributed by atoms with van der Waals surface area (Å²) in [6.07, 6.45) is 7.36. The van der Waals surface area contributed by atoms with E-state index in [9.17, 15) is 0 Å². The van der Waals surface area contributed by atoms with Crippen LogP contribution in [0.3, 0.4) is 0 Å². The summed E-state index contributed by atoms with van der Waals surface area (Å²) >= 11 is 0. The molecule has 0 amide bonds. The van der Waals surface area contributed by atoms with Gasteiger partial charge in [0, 0.05) is 38.3 Å². The van der Waals surface area contributed by atoms with Crippen LogP contribution in [-0.4, -0.2) is 21.9 Å². The summed E-state index contributed by atoms with van der Waals surface area (Å²) in [5, 5.41) is 0. The second-order valence-corrected chi connectivity index (χ2v) is 11.2. The first-order valence-corrected chi connectivity index (χ1v) is 15.4. The summed E-state index contributed by atoms with van der Waals surface area (Å²) in [6, 6.07) is 45.2. The number of rotatable bonds is 17. The molecule has 0 radical (unpaired) electrons. The predicted octanol–water partition coefficient (Wildman–Crippen LogP) is 9.51. The fourth-order valence-electron chi connectivity index (χ4n) is 5.92. The first kappa shape index (κ1) is 29.8. The minimum atomic E-state index is 0.458. The molecule has 4 aromatic carbocycles. The van der Waals surface area contributed by atoms with Crippen molar-refractivity contribution in [3.8, 4) is 0 Å². The van der Waals surface area contributed by atoms with Crippen LogP contribution in [0.25, 0.3) is 0 Å². The van der Waals surface area contributed by atoms with E-state index in [2.05, 4.69) is 145 Å². The molecule has 0 saturated carbocycles. The molecule has 2 atom stereocenters. The normalized spacial score (nSPS) is 13.0. The van der Waals surface area contributed by atoms with Crippen LogP contribution in [0, 0.1) is 0 Å². The SMILES string of the molecule is CCCCC(C(CCCC)N(Cc1ccccc1)Cc1ccccc1)N(Cc1ccccc1)Cc1ccccc1. The van der Waals surface area contributed by atoms with E-state index in [0.717, 1.165) is 26.2 Å². The monoisotopic (exact) mass is 532 g/mol. The van der Waals surface area contributed by atoms with Gasteiger partial charge in [-0.3, -0.25) is 9.80 Å². The number of hydrogen-bond donors (Lipinski definition) is 0. The molecule has 210 valence electrons. The van der Waals surface area contributed by atoms with Crippen molar-refractivity contribution >= 4 is 0 Å². The van der Waals surface area contributed by atoms with Crippen molar-refractivity contribution in [2.24, 2.45) is 0 Å². The summed E-state index contributed by atoms with van der Waals surface area (Å²) in [4.78, 5) is 5.59. The highest BCUT2D eigenvalue weighted by Gasteiger charge is 2.32. The lowest BCUT2D eigenvalue weighted by atomic mass is 9.92. The Morgan fingerprint density at radius 3 is 0.875 bits per heavy atom. The second kappa shape index (κ2) is 16.8. The molecule has 0 bridgehead atoms. The van der Waals surface area contributed by atoms with Crippen LogP contribution in [0.4, 0.5) is 0 Å². The average Bonchev–Trinajstić information content (AvgIpc) is 3.00. The van der Waals surface area contributed by atoms with Gasteiger partial charge in [-0.15, -0.1) is 0 Å². The van der Waals surface area contributed by atoms with Crippen LogP contribution >= 0.6 is 0 Å². The topological polar surface area (TPSA) is 6.48 Å². The molecule has 0 saturated heterocycles. The predicted molar refractivity (Wildman–Crippen MR) is 171 cm³/mol. The van der Waals surface area contributed by atoms with E-state index in [-0.39, 0.29) is 0 Å². The van der Waals surface area contributed by atoms with Crippen LogP contribution in [-0.2, 0) is 26.2 Å². The molecule has 40 heavy (non-hydrogen) atoms. The molecule has 0 aromatic heterocycles. The quantitative estimate of drug-likeness (QED) is 0.134. The Labute approximate surface area is 243 Å². The molecule has 0 heterocycles. The van der Waals surface area contributed by atoms with E-state index in [1.54, 1.807) is 0 Å². The van der Waals surface area contributed by atoms with Crippen molar-refractivity contribution in [3.05, 3.63) is 144 Å². The van der Waals surface area contributed by atoms with Crippen LogP contribution in [0.2, 0.25) is 0 Å². The van der Waals surface area contributed by atoms with Crippen molar-refractivity contribution in [1.29, 1.82) is 0 Å². The maximum atomic E-state index is 2.80. The number of hydrogen-bond acceptors (Lipinski definition) is 2. The lowest BCUT2D eigenvalue weighted by molar-refractivity contribution is 0.0443. The van der Waals surface area contributed by atoms with Gasteiger partial charge in [0.1, 0.15) is 0 Å². The number of unbranched alkanes of at least 4 members (excludes halogenated alkanes) is 2.